The first kappa shape index (κ1) is 10.5. The highest BCUT2D eigenvalue weighted by Crippen LogP contribution is 2.05. The standard InChI is InChI=1S/C15H14N/c1-3-8-14(9-4-1)10-7-13-16-15-11-5-2-6-12-15/h1-9,11-12,16H,10H2. The summed E-state index contributed by atoms with van der Waals surface area (Å²) in [6.45, 7) is 0. The van der Waals surface area contributed by atoms with Crippen molar-refractivity contribution < 1.29 is 0 Å². The number of anilines is 1. The Labute approximate surface area is 96.4 Å². The predicted octanol–water partition coefficient (Wildman–Crippen LogP) is 3.66. The van der Waals surface area contributed by atoms with Gasteiger partial charge in [-0.25, -0.2) is 0 Å². The van der Waals surface area contributed by atoms with Gasteiger partial charge in [0.15, 0.2) is 0 Å². The molecule has 1 radical (unpaired) electrons. The van der Waals surface area contributed by atoms with Gasteiger partial charge in [-0.2, -0.15) is 0 Å². The fraction of sp³-hybridized carbons (Fsp3) is 0.0667. The highest BCUT2D eigenvalue weighted by molar-refractivity contribution is 5.43. The van der Waals surface area contributed by atoms with Gasteiger partial charge >= 0.3 is 0 Å². The fourth-order valence-electron chi connectivity index (χ4n) is 1.44. The third-order valence-electron chi connectivity index (χ3n) is 2.27. The smallest absolute Gasteiger partial charge is 0.0583 e. The second-order valence-electron chi connectivity index (χ2n) is 3.53. The highest BCUT2D eigenvalue weighted by atomic mass is 14.8. The molecule has 79 valence electrons. The molecule has 0 fully saturated rings. The lowest BCUT2D eigenvalue weighted by molar-refractivity contribution is 1.25. The van der Waals surface area contributed by atoms with Crippen LogP contribution < -0.4 is 5.32 Å². The van der Waals surface area contributed by atoms with Gasteiger partial charge in [-0.1, -0.05) is 54.6 Å². The van der Waals surface area contributed by atoms with Crippen molar-refractivity contribution >= 4 is 5.69 Å². The van der Waals surface area contributed by atoms with Crippen LogP contribution in [0.2, 0.25) is 0 Å². The maximum atomic E-state index is 3.11. The van der Waals surface area contributed by atoms with Gasteiger partial charge in [0, 0.05) is 5.69 Å². The zero-order valence-electron chi connectivity index (χ0n) is 9.06. The summed E-state index contributed by atoms with van der Waals surface area (Å²) in [7, 11) is 0. The molecule has 1 nitrogen and oxygen atoms in total. The van der Waals surface area contributed by atoms with E-state index in [1.165, 1.54) is 5.56 Å². The van der Waals surface area contributed by atoms with Gasteiger partial charge in [-0.05, 0) is 24.1 Å². The summed E-state index contributed by atoms with van der Waals surface area (Å²) in [6, 6.07) is 20.4. The highest BCUT2D eigenvalue weighted by Gasteiger charge is 1.87. The average molecular weight is 208 g/mol. The van der Waals surface area contributed by atoms with E-state index in [0.29, 0.717) is 0 Å². The number of benzene rings is 2. The van der Waals surface area contributed by atoms with Crippen molar-refractivity contribution in [3.8, 4) is 0 Å². The Morgan fingerprint density at radius 3 is 2.19 bits per heavy atom. The Balaban J connectivity index is 1.83. The first-order valence-corrected chi connectivity index (χ1v) is 5.37. The number of para-hydroxylation sites is 1. The fourth-order valence-corrected chi connectivity index (χ4v) is 1.44. The third kappa shape index (κ3) is 3.28. The molecule has 0 aliphatic rings. The molecule has 0 aliphatic carbocycles. The summed E-state index contributed by atoms with van der Waals surface area (Å²) in [5, 5.41) is 3.11. The van der Waals surface area contributed by atoms with Crippen molar-refractivity contribution in [3.05, 3.63) is 78.5 Å². The number of rotatable bonds is 4. The molecule has 0 saturated heterocycles. The first-order valence-electron chi connectivity index (χ1n) is 5.37. The molecule has 0 spiro atoms. The second-order valence-corrected chi connectivity index (χ2v) is 3.53. The lowest BCUT2D eigenvalue weighted by Gasteiger charge is -1.98. The van der Waals surface area contributed by atoms with Gasteiger partial charge < -0.3 is 5.32 Å². The Bertz CT molecular complexity index is 388. The molecule has 16 heavy (non-hydrogen) atoms. The molecular formula is C15H14N. The van der Waals surface area contributed by atoms with Crippen molar-refractivity contribution in [1.29, 1.82) is 0 Å². The number of hydrogen-bond acceptors (Lipinski definition) is 1. The van der Waals surface area contributed by atoms with Gasteiger partial charge in [0.2, 0.25) is 0 Å². The summed E-state index contributed by atoms with van der Waals surface area (Å²) in [5.41, 5.74) is 2.36. The normalized spacial score (nSPS) is 10.5. The summed E-state index contributed by atoms with van der Waals surface area (Å²) in [6.07, 6.45) is 5.98. The van der Waals surface area contributed by atoms with Crippen LogP contribution >= 0.6 is 0 Å². The van der Waals surface area contributed by atoms with Crippen LogP contribution in [0.15, 0.2) is 66.7 Å². The maximum absolute atomic E-state index is 3.11. The van der Waals surface area contributed by atoms with Crippen LogP contribution in [0.4, 0.5) is 5.69 Å². The van der Waals surface area contributed by atoms with Gasteiger partial charge in [-0.15, -0.1) is 0 Å². The molecule has 0 amide bonds. The van der Waals surface area contributed by atoms with Gasteiger partial charge in [-0.3, -0.25) is 0 Å². The molecule has 0 saturated carbocycles. The van der Waals surface area contributed by atoms with Crippen molar-refractivity contribution in [1.82, 2.24) is 0 Å². The molecule has 0 aliphatic heterocycles. The minimum absolute atomic E-state index is 0.903. The molecule has 2 rings (SSSR count). The van der Waals surface area contributed by atoms with E-state index >= 15 is 0 Å². The largest absolute Gasteiger partial charge is 0.354 e. The van der Waals surface area contributed by atoms with Crippen LogP contribution in [0, 0.1) is 6.20 Å². The van der Waals surface area contributed by atoms with Crippen molar-refractivity contribution in [2.75, 3.05) is 5.32 Å². The summed E-state index contributed by atoms with van der Waals surface area (Å²) >= 11 is 0. The van der Waals surface area contributed by atoms with Gasteiger partial charge in [0.1, 0.15) is 0 Å². The van der Waals surface area contributed by atoms with E-state index in [4.69, 9.17) is 0 Å². The lowest BCUT2D eigenvalue weighted by Crippen LogP contribution is -1.88. The van der Waals surface area contributed by atoms with E-state index in [1.54, 1.807) is 0 Å². The van der Waals surface area contributed by atoms with Crippen LogP contribution in [0.5, 0.6) is 0 Å². The van der Waals surface area contributed by atoms with Crippen LogP contribution in [0.3, 0.4) is 0 Å². The van der Waals surface area contributed by atoms with E-state index in [-0.39, 0.29) is 0 Å². The zero-order valence-corrected chi connectivity index (χ0v) is 9.06. The molecule has 0 atom stereocenters. The van der Waals surface area contributed by atoms with Crippen LogP contribution in [0.1, 0.15) is 5.56 Å². The number of hydrogen-bond donors (Lipinski definition) is 1. The molecule has 2 aromatic carbocycles. The van der Waals surface area contributed by atoms with Crippen molar-refractivity contribution in [3.63, 3.8) is 0 Å². The first-order chi connectivity index (χ1) is 7.95. The van der Waals surface area contributed by atoms with Gasteiger partial charge in [0.05, 0.1) is 6.20 Å². The molecule has 2 aromatic rings. The van der Waals surface area contributed by atoms with Crippen molar-refractivity contribution in [2.24, 2.45) is 0 Å². The third-order valence-corrected chi connectivity index (χ3v) is 2.27. The number of allylic oxidation sites excluding steroid dienone is 1. The molecule has 0 heterocycles. The second kappa shape index (κ2) is 5.76. The van der Waals surface area contributed by atoms with Crippen LogP contribution in [0.25, 0.3) is 0 Å². The molecule has 0 bridgehead atoms. The topological polar surface area (TPSA) is 12.0 Å². The quantitative estimate of drug-likeness (QED) is 0.756. The maximum Gasteiger partial charge on any atom is 0.0583 e. The van der Waals surface area contributed by atoms with E-state index in [0.717, 1.165) is 12.1 Å². The minimum Gasteiger partial charge on any atom is -0.354 e. The molecule has 1 N–H and O–H groups in total. The Kier molecular flexibility index (Phi) is 3.78. The van der Waals surface area contributed by atoms with E-state index in [1.807, 2.05) is 54.6 Å². The van der Waals surface area contributed by atoms with Crippen LogP contribution in [-0.2, 0) is 6.42 Å². The molecule has 1 heteroatoms. The summed E-state index contributed by atoms with van der Waals surface area (Å²) in [4.78, 5) is 0. The SMILES string of the molecule is [C](=CCc1ccccc1)Nc1ccccc1. The zero-order chi connectivity index (χ0) is 11.1. The predicted molar refractivity (Wildman–Crippen MR) is 68.0 cm³/mol. The summed E-state index contributed by atoms with van der Waals surface area (Å²) < 4.78 is 0. The van der Waals surface area contributed by atoms with Crippen LogP contribution in [-0.4, -0.2) is 0 Å². The van der Waals surface area contributed by atoms with Crippen molar-refractivity contribution in [2.45, 2.75) is 6.42 Å². The van der Waals surface area contributed by atoms with E-state index in [9.17, 15) is 0 Å². The van der Waals surface area contributed by atoms with E-state index in [2.05, 4.69) is 23.6 Å². The Morgan fingerprint density at radius 2 is 1.50 bits per heavy atom. The minimum atomic E-state index is 0.903. The molecule has 0 unspecified atom stereocenters. The van der Waals surface area contributed by atoms with Gasteiger partial charge in [0.25, 0.3) is 0 Å². The van der Waals surface area contributed by atoms with E-state index < -0.39 is 0 Å². The Hall–Kier alpha value is -2.02. The summed E-state index contributed by atoms with van der Waals surface area (Å²) in [5.74, 6) is 0. The average Bonchev–Trinajstić information content (AvgIpc) is 2.37. The Morgan fingerprint density at radius 1 is 0.875 bits per heavy atom. The molecule has 0 aromatic heterocycles. The lowest BCUT2D eigenvalue weighted by atomic mass is 10.1. The monoisotopic (exact) mass is 208 g/mol. The number of nitrogens with one attached hydrogen (secondary N) is 1. The molecular weight excluding hydrogens is 194 g/mol.